The van der Waals surface area contributed by atoms with Gasteiger partial charge in [-0.2, -0.15) is 0 Å². The molecule has 0 atom stereocenters. The van der Waals surface area contributed by atoms with Gasteiger partial charge in [-0.05, 0) is 43.1 Å². The van der Waals surface area contributed by atoms with Crippen molar-refractivity contribution in [1.82, 2.24) is 0 Å². The Balaban J connectivity index is 2.36. The van der Waals surface area contributed by atoms with Crippen molar-refractivity contribution in [3.63, 3.8) is 0 Å². The molecule has 2 aromatic carbocycles. The van der Waals surface area contributed by atoms with Crippen LogP contribution >= 0.6 is 11.6 Å². The van der Waals surface area contributed by atoms with E-state index in [4.69, 9.17) is 22.1 Å². The molecule has 0 spiro atoms. The molecule has 0 heterocycles. The fourth-order valence-electron chi connectivity index (χ4n) is 1.80. The van der Waals surface area contributed by atoms with Gasteiger partial charge in [0.25, 0.3) is 0 Å². The van der Waals surface area contributed by atoms with Crippen molar-refractivity contribution >= 4 is 11.6 Å². The lowest BCUT2D eigenvalue weighted by atomic mass is 10.1. The van der Waals surface area contributed by atoms with Crippen LogP contribution in [-0.2, 0) is 6.42 Å². The third kappa shape index (κ3) is 2.84. The van der Waals surface area contributed by atoms with Gasteiger partial charge in [0, 0.05) is 0 Å². The van der Waals surface area contributed by atoms with E-state index in [1.165, 1.54) is 0 Å². The molecule has 2 rings (SSSR count). The lowest BCUT2D eigenvalue weighted by molar-refractivity contribution is 0.473. The number of hydrogen-bond donors (Lipinski definition) is 1. The van der Waals surface area contributed by atoms with Gasteiger partial charge < -0.3 is 10.5 Å². The highest BCUT2D eigenvalue weighted by atomic mass is 35.5. The van der Waals surface area contributed by atoms with E-state index >= 15 is 0 Å². The van der Waals surface area contributed by atoms with E-state index in [1.807, 2.05) is 49.4 Å². The van der Waals surface area contributed by atoms with Crippen LogP contribution in [0.4, 0.5) is 0 Å². The molecule has 0 aliphatic rings. The third-order valence-corrected chi connectivity index (χ3v) is 3.07. The first-order valence-corrected chi connectivity index (χ1v) is 6.31. The van der Waals surface area contributed by atoms with Crippen molar-refractivity contribution < 1.29 is 4.74 Å². The Bertz CT molecular complexity index is 540. The molecule has 2 aromatic rings. The maximum atomic E-state index is 6.20. The van der Waals surface area contributed by atoms with E-state index < -0.39 is 0 Å². The van der Waals surface area contributed by atoms with Gasteiger partial charge in [0.1, 0.15) is 11.5 Å². The van der Waals surface area contributed by atoms with Gasteiger partial charge in [-0.15, -0.1) is 0 Å². The summed E-state index contributed by atoms with van der Waals surface area (Å²) in [6.07, 6.45) is 0.752. The number of hydrogen-bond acceptors (Lipinski definition) is 2. The highest BCUT2D eigenvalue weighted by Gasteiger charge is 2.10. The van der Waals surface area contributed by atoms with E-state index in [-0.39, 0.29) is 0 Å². The average Bonchev–Trinajstić information content (AvgIpc) is 2.36. The zero-order valence-electron chi connectivity index (χ0n) is 10.3. The topological polar surface area (TPSA) is 35.2 Å². The van der Waals surface area contributed by atoms with Crippen LogP contribution in [0.2, 0.25) is 5.02 Å². The van der Waals surface area contributed by atoms with Crippen molar-refractivity contribution in [2.45, 2.75) is 13.3 Å². The lowest BCUT2D eigenvalue weighted by Gasteiger charge is -2.13. The summed E-state index contributed by atoms with van der Waals surface area (Å²) in [5.41, 5.74) is 7.72. The summed E-state index contributed by atoms with van der Waals surface area (Å²) in [6, 6.07) is 13.6. The van der Waals surface area contributed by atoms with Crippen LogP contribution in [0.1, 0.15) is 11.1 Å². The zero-order chi connectivity index (χ0) is 13.0. The first kappa shape index (κ1) is 12.9. The molecule has 3 heteroatoms. The summed E-state index contributed by atoms with van der Waals surface area (Å²) in [6.45, 7) is 2.58. The van der Waals surface area contributed by atoms with Crippen LogP contribution in [0.5, 0.6) is 11.5 Å². The summed E-state index contributed by atoms with van der Waals surface area (Å²) in [5, 5.41) is 0.615. The fourth-order valence-corrected chi connectivity index (χ4v) is 2.03. The Labute approximate surface area is 112 Å². The number of ether oxygens (including phenoxy) is 1. The predicted molar refractivity (Wildman–Crippen MR) is 75.5 cm³/mol. The fraction of sp³-hybridized carbons (Fsp3) is 0.200. The summed E-state index contributed by atoms with van der Waals surface area (Å²) < 4.78 is 5.94. The SMILES string of the molecule is Cc1ccccc1Oc1c(Cl)cccc1CCN. The molecule has 0 saturated heterocycles. The molecule has 18 heavy (non-hydrogen) atoms. The number of benzene rings is 2. The second kappa shape index (κ2) is 5.89. The molecular weight excluding hydrogens is 246 g/mol. The Hall–Kier alpha value is -1.51. The average molecular weight is 262 g/mol. The van der Waals surface area contributed by atoms with Crippen LogP contribution in [-0.4, -0.2) is 6.54 Å². The highest BCUT2D eigenvalue weighted by molar-refractivity contribution is 6.32. The normalized spacial score (nSPS) is 10.4. The first-order valence-electron chi connectivity index (χ1n) is 5.93. The van der Waals surface area contributed by atoms with E-state index in [2.05, 4.69) is 0 Å². The van der Waals surface area contributed by atoms with Crippen LogP contribution < -0.4 is 10.5 Å². The predicted octanol–water partition coefficient (Wildman–Crippen LogP) is 3.94. The molecule has 0 aliphatic heterocycles. The molecule has 0 bridgehead atoms. The maximum Gasteiger partial charge on any atom is 0.149 e. The van der Waals surface area contributed by atoms with Crippen LogP contribution in [0.15, 0.2) is 42.5 Å². The van der Waals surface area contributed by atoms with Gasteiger partial charge in [-0.3, -0.25) is 0 Å². The molecule has 2 N–H and O–H groups in total. The number of aryl methyl sites for hydroxylation is 1. The largest absolute Gasteiger partial charge is 0.455 e. The molecule has 2 nitrogen and oxygen atoms in total. The van der Waals surface area contributed by atoms with Crippen molar-refractivity contribution in [1.29, 1.82) is 0 Å². The summed E-state index contributed by atoms with van der Waals surface area (Å²) in [7, 11) is 0. The van der Waals surface area contributed by atoms with E-state index in [9.17, 15) is 0 Å². The van der Waals surface area contributed by atoms with Crippen LogP contribution in [0, 0.1) is 6.92 Å². The van der Waals surface area contributed by atoms with E-state index in [0.29, 0.717) is 17.3 Å². The Morgan fingerprint density at radius 2 is 1.89 bits per heavy atom. The molecule has 0 unspecified atom stereocenters. The van der Waals surface area contributed by atoms with Crippen molar-refractivity contribution in [2.75, 3.05) is 6.54 Å². The minimum Gasteiger partial charge on any atom is -0.455 e. The summed E-state index contributed by atoms with van der Waals surface area (Å²) in [4.78, 5) is 0. The summed E-state index contributed by atoms with van der Waals surface area (Å²) in [5.74, 6) is 1.53. The molecule has 94 valence electrons. The van der Waals surface area contributed by atoms with E-state index in [1.54, 1.807) is 0 Å². The van der Waals surface area contributed by atoms with Crippen molar-refractivity contribution in [3.05, 3.63) is 58.6 Å². The number of para-hydroxylation sites is 2. The molecule has 0 aromatic heterocycles. The molecular formula is C15H16ClNO. The first-order chi connectivity index (χ1) is 8.72. The monoisotopic (exact) mass is 261 g/mol. The van der Waals surface area contributed by atoms with Gasteiger partial charge in [-0.1, -0.05) is 41.9 Å². The second-order valence-electron chi connectivity index (χ2n) is 4.13. The zero-order valence-corrected chi connectivity index (χ0v) is 11.1. The highest BCUT2D eigenvalue weighted by Crippen LogP contribution is 2.34. The smallest absolute Gasteiger partial charge is 0.149 e. The molecule has 0 aliphatic carbocycles. The molecule has 0 saturated carbocycles. The van der Waals surface area contributed by atoms with Crippen LogP contribution in [0.25, 0.3) is 0 Å². The quantitative estimate of drug-likeness (QED) is 0.905. The minimum atomic E-state index is 0.574. The molecule has 0 radical (unpaired) electrons. The van der Waals surface area contributed by atoms with Crippen LogP contribution in [0.3, 0.4) is 0 Å². The van der Waals surface area contributed by atoms with Gasteiger partial charge in [0.05, 0.1) is 5.02 Å². The minimum absolute atomic E-state index is 0.574. The van der Waals surface area contributed by atoms with Gasteiger partial charge in [0.15, 0.2) is 0 Å². The standard InChI is InChI=1S/C15H16ClNO/c1-11-5-2-3-8-14(11)18-15-12(9-10-17)6-4-7-13(15)16/h2-8H,9-10,17H2,1H3. The molecule has 0 fully saturated rings. The van der Waals surface area contributed by atoms with Crippen molar-refractivity contribution in [3.8, 4) is 11.5 Å². The second-order valence-corrected chi connectivity index (χ2v) is 4.54. The summed E-state index contributed by atoms with van der Waals surface area (Å²) >= 11 is 6.20. The lowest BCUT2D eigenvalue weighted by Crippen LogP contribution is -2.04. The number of halogens is 1. The van der Waals surface area contributed by atoms with E-state index in [0.717, 1.165) is 23.3 Å². The number of rotatable bonds is 4. The van der Waals surface area contributed by atoms with Gasteiger partial charge in [0.2, 0.25) is 0 Å². The Morgan fingerprint density at radius 3 is 2.61 bits per heavy atom. The Kier molecular flexibility index (Phi) is 4.24. The maximum absolute atomic E-state index is 6.20. The third-order valence-electron chi connectivity index (χ3n) is 2.77. The number of nitrogens with two attached hydrogens (primary N) is 1. The van der Waals surface area contributed by atoms with Gasteiger partial charge in [-0.25, -0.2) is 0 Å². The Morgan fingerprint density at radius 1 is 1.11 bits per heavy atom. The van der Waals surface area contributed by atoms with Gasteiger partial charge >= 0.3 is 0 Å². The van der Waals surface area contributed by atoms with Crippen molar-refractivity contribution in [2.24, 2.45) is 5.73 Å². The molecule has 0 amide bonds.